The number of hydrogen-bond donors (Lipinski definition) is 3. The summed E-state index contributed by atoms with van der Waals surface area (Å²) in [6.07, 6.45) is 0.469. The molecule has 3 N–H and O–H groups in total. The molecule has 0 spiro atoms. The van der Waals surface area contributed by atoms with Gasteiger partial charge in [-0.05, 0) is 37.6 Å². The van der Waals surface area contributed by atoms with E-state index < -0.39 is 17.4 Å². The van der Waals surface area contributed by atoms with E-state index in [1.165, 1.54) is 42.6 Å². The van der Waals surface area contributed by atoms with Gasteiger partial charge in [0.1, 0.15) is 0 Å². The SMILES string of the molecule is COc1cc(C=NNc2nc3c(c(=O)n(C)c(=O)n3C)n2CC(O)COC(C)C)ccc1O. The number of aryl methyl sites for hydroxylation is 1. The van der Waals surface area contributed by atoms with Crippen LogP contribution in [0.25, 0.3) is 11.2 Å². The third kappa shape index (κ3) is 5.07. The van der Waals surface area contributed by atoms with Crippen molar-refractivity contribution in [2.75, 3.05) is 19.1 Å². The molecule has 0 radical (unpaired) electrons. The number of aromatic nitrogens is 4. The first-order chi connectivity index (χ1) is 15.6. The second-order valence-electron chi connectivity index (χ2n) is 7.76. The first-order valence-corrected chi connectivity index (χ1v) is 10.3. The van der Waals surface area contributed by atoms with Gasteiger partial charge in [-0.25, -0.2) is 10.2 Å². The normalized spacial score (nSPS) is 12.7. The molecule has 1 aromatic carbocycles. The number of hydrazone groups is 1. The Bertz CT molecular complexity index is 1290. The van der Waals surface area contributed by atoms with Crippen LogP contribution in [0.1, 0.15) is 19.4 Å². The summed E-state index contributed by atoms with van der Waals surface area (Å²) in [7, 11) is 4.33. The first-order valence-electron chi connectivity index (χ1n) is 10.3. The van der Waals surface area contributed by atoms with Crippen molar-refractivity contribution in [3.63, 3.8) is 0 Å². The maximum Gasteiger partial charge on any atom is 0.332 e. The molecule has 0 aliphatic carbocycles. The molecule has 3 aromatic rings. The summed E-state index contributed by atoms with van der Waals surface area (Å²) >= 11 is 0. The smallest absolute Gasteiger partial charge is 0.332 e. The standard InChI is InChI=1S/C21H28N6O6/c1-12(2)33-11-14(28)10-27-17-18(25(3)21(31)26(4)19(17)30)23-20(27)24-22-9-13-6-7-15(29)16(8-13)32-5/h6-9,12,14,28-29H,10-11H2,1-5H3,(H,23,24). The number of anilines is 1. The van der Waals surface area contributed by atoms with Gasteiger partial charge in [-0.2, -0.15) is 10.1 Å². The number of methoxy groups -OCH3 is 1. The van der Waals surface area contributed by atoms with Crippen LogP contribution in [0.15, 0.2) is 32.9 Å². The topological polar surface area (TPSA) is 145 Å². The van der Waals surface area contributed by atoms with Crippen LogP contribution in [0.3, 0.4) is 0 Å². The van der Waals surface area contributed by atoms with Crippen molar-refractivity contribution in [1.82, 2.24) is 18.7 Å². The van der Waals surface area contributed by atoms with Crippen LogP contribution in [0.4, 0.5) is 5.95 Å². The molecule has 0 aliphatic rings. The Balaban J connectivity index is 2.01. The molecule has 12 heteroatoms. The summed E-state index contributed by atoms with van der Waals surface area (Å²) < 4.78 is 14.3. The van der Waals surface area contributed by atoms with E-state index in [1.807, 2.05) is 13.8 Å². The Labute approximate surface area is 189 Å². The van der Waals surface area contributed by atoms with E-state index in [1.54, 1.807) is 12.1 Å². The summed E-state index contributed by atoms with van der Waals surface area (Å²) in [4.78, 5) is 29.6. The first kappa shape index (κ1) is 24.0. The molecule has 1 unspecified atom stereocenters. The zero-order valence-electron chi connectivity index (χ0n) is 19.1. The molecule has 0 bridgehead atoms. The number of imidazole rings is 1. The molecule has 33 heavy (non-hydrogen) atoms. The fourth-order valence-corrected chi connectivity index (χ4v) is 3.22. The Kier molecular flexibility index (Phi) is 7.19. The van der Waals surface area contributed by atoms with Gasteiger partial charge in [0, 0.05) is 14.1 Å². The van der Waals surface area contributed by atoms with Crippen molar-refractivity contribution in [2.24, 2.45) is 19.2 Å². The van der Waals surface area contributed by atoms with Crippen LogP contribution in [0.5, 0.6) is 11.5 Å². The molecule has 0 fully saturated rings. The van der Waals surface area contributed by atoms with Crippen molar-refractivity contribution in [1.29, 1.82) is 0 Å². The van der Waals surface area contributed by atoms with Gasteiger partial charge in [0.2, 0.25) is 5.95 Å². The maximum absolute atomic E-state index is 12.9. The van der Waals surface area contributed by atoms with Gasteiger partial charge in [-0.15, -0.1) is 0 Å². The largest absolute Gasteiger partial charge is 0.504 e. The summed E-state index contributed by atoms with van der Waals surface area (Å²) in [6, 6.07) is 4.70. The Hall–Kier alpha value is -3.64. The van der Waals surface area contributed by atoms with Crippen molar-refractivity contribution < 1.29 is 19.7 Å². The van der Waals surface area contributed by atoms with Crippen LogP contribution in [0, 0.1) is 0 Å². The quantitative estimate of drug-likeness (QED) is 0.307. The van der Waals surface area contributed by atoms with Gasteiger partial charge in [0.05, 0.1) is 38.7 Å². The minimum atomic E-state index is -0.933. The molecule has 2 heterocycles. The van der Waals surface area contributed by atoms with E-state index in [4.69, 9.17) is 9.47 Å². The number of ether oxygens (including phenoxy) is 2. The predicted octanol–water partition coefficient (Wildman–Crippen LogP) is 0.380. The predicted molar refractivity (Wildman–Crippen MR) is 123 cm³/mol. The van der Waals surface area contributed by atoms with E-state index in [2.05, 4.69) is 15.5 Å². The minimum Gasteiger partial charge on any atom is -0.504 e. The lowest BCUT2D eigenvalue weighted by Gasteiger charge is -2.16. The number of hydrogen-bond acceptors (Lipinski definition) is 9. The molecule has 3 rings (SSSR count). The highest BCUT2D eigenvalue weighted by Gasteiger charge is 2.21. The average Bonchev–Trinajstić information content (AvgIpc) is 3.14. The Morgan fingerprint density at radius 2 is 1.97 bits per heavy atom. The number of phenols is 1. The minimum absolute atomic E-state index is 0.00114. The highest BCUT2D eigenvalue weighted by Crippen LogP contribution is 2.25. The maximum atomic E-state index is 12.9. The molecule has 0 aliphatic heterocycles. The highest BCUT2D eigenvalue weighted by molar-refractivity contribution is 5.81. The number of aliphatic hydroxyl groups excluding tert-OH is 1. The number of fused-ring (bicyclic) bond motifs is 1. The van der Waals surface area contributed by atoms with Gasteiger partial charge in [-0.3, -0.25) is 13.9 Å². The summed E-state index contributed by atoms with van der Waals surface area (Å²) in [5.41, 5.74) is 2.64. The van der Waals surface area contributed by atoms with Gasteiger partial charge >= 0.3 is 5.69 Å². The van der Waals surface area contributed by atoms with Gasteiger partial charge < -0.3 is 24.3 Å². The molecular weight excluding hydrogens is 432 g/mol. The van der Waals surface area contributed by atoms with Crippen LogP contribution in [-0.2, 0) is 25.4 Å². The molecule has 0 amide bonds. The fraction of sp³-hybridized carbons (Fsp3) is 0.429. The van der Waals surface area contributed by atoms with E-state index in [0.717, 1.165) is 4.57 Å². The number of aromatic hydroxyl groups is 1. The second kappa shape index (κ2) is 9.88. The lowest BCUT2D eigenvalue weighted by atomic mass is 10.2. The lowest BCUT2D eigenvalue weighted by molar-refractivity contribution is -0.000109. The number of phenolic OH excluding ortho intramolecular Hbond substituents is 1. The van der Waals surface area contributed by atoms with Crippen LogP contribution in [0.2, 0.25) is 0 Å². The third-order valence-corrected chi connectivity index (χ3v) is 4.95. The van der Waals surface area contributed by atoms with Crippen molar-refractivity contribution in [2.45, 2.75) is 32.6 Å². The van der Waals surface area contributed by atoms with Crippen LogP contribution < -0.4 is 21.4 Å². The Morgan fingerprint density at radius 1 is 1.24 bits per heavy atom. The number of rotatable bonds is 9. The van der Waals surface area contributed by atoms with Gasteiger partial charge in [-0.1, -0.05) is 0 Å². The Morgan fingerprint density at radius 3 is 2.64 bits per heavy atom. The molecule has 0 saturated heterocycles. The molecular formula is C21H28N6O6. The van der Waals surface area contributed by atoms with E-state index in [-0.39, 0.29) is 47.9 Å². The summed E-state index contributed by atoms with van der Waals surface area (Å²) in [5, 5.41) is 24.3. The third-order valence-electron chi connectivity index (χ3n) is 4.95. The second-order valence-corrected chi connectivity index (χ2v) is 7.76. The molecule has 178 valence electrons. The zero-order valence-corrected chi connectivity index (χ0v) is 19.1. The lowest BCUT2D eigenvalue weighted by Crippen LogP contribution is -2.38. The highest BCUT2D eigenvalue weighted by atomic mass is 16.5. The zero-order chi connectivity index (χ0) is 24.3. The molecule has 12 nitrogen and oxygen atoms in total. The average molecular weight is 460 g/mol. The molecule has 1 atom stereocenters. The van der Waals surface area contributed by atoms with E-state index >= 15 is 0 Å². The van der Waals surface area contributed by atoms with E-state index in [9.17, 15) is 19.8 Å². The molecule has 0 saturated carbocycles. The summed E-state index contributed by atoms with van der Waals surface area (Å²) in [6.45, 7) is 3.75. The van der Waals surface area contributed by atoms with Gasteiger partial charge in [0.25, 0.3) is 5.56 Å². The number of nitrogens with one attached hydrogen (secondary N) is 1. The number of benzene rings is 1. The van der Waals surface area contributed by atoms with Crippen LogP contribution in [-0.4, -0.2) is 61.0 Å². The monoisotopic (exact) mass is 460 g/mol. The van der Waals surface area contributed by atoms with Crippen molar-refractivity contribution in [3.8, 4) is 11.5 Å². The number of aliphatic hydroxyl groups is 1. The van der Waals surface area contributed by atoms with Crippen LogP contribution >= 0.6 is 0 Å². The van der Waals surface area contributed by atoms with Crippen molar-refractivity contribution >= 4 is 23.3 Å². The van der Waals surface area contributed by atoms with Gasteiger partial charge in [0.15, 0.2) is 22.7 Å². The summed E-state index contributed by atoms with van der Waals surface area (Å²) in [5.74, 6) is 0.450. The molecule has 2 aromatic heterocycles. The fourth-order valence-electron chi connectivity index (χ4n) is 3.22. The number of nitrogens with zero attached hydrogens (tertiary/aromatic N) is 5. The van der Waals surface area contributed by atoms with Crippen molar-refractivity contribution in [3.05, 3.63) is 44.6 Å². The van der Waals surface area contributed by atoms with E-state index in [0.29, 0.717) is 5.56 Å².